The number of hydrogen-bond acceptors (Lipinski definition) is 3. The number of carbonyl (C=O) groups is 1. The third-order valence-corrected chi connectivity index (χ3v) is 6.66. The maximum Gasteiger partial charge on any atom is 0.254 e. The van der Waals surface area contributed by atoms with Gasteiger partial charge in [-0.15, -0.1) is 0 Å². The molecule has 1 heterocycles. The van der Waals surface area contributed by atoms with Gasteiger partial charge in [0.05, 0.1) is 18.8 Å². The minimum Gasteiger partial charge on any atom is -0.497 e. The fourth-order valence-electron chi connectivity index (χ4n) is 5.09. The Morgan fingerprint density at radius 3 is 2.57 bits per heavy atom. The highest BCUT2D eigenvalue weighted by atomic mass is 16.5. The van der Waals surface area contributed by atoms with Crippen molar-refractivity contribution in [3.63, 3.8) is 0 Å². The predicted molar refractivity (Wildman–Crippen MR) is 109 cm³/mol. The van der Waals surface area contributed by atoms with E-state index in [4.69, 9.17) is 4.74 Å². The molecule has 4 heteroatoms. The molecule has 1 N–H and O–H groups in total. The summed E-state index contributed by atoms with van der Waals surface area (Å²) in [5, 5.41) is 11.4. The summed E-state index contributed by atoms with van der Waals surface area (Å²) in [7, 11) is 1.66. The molecular formula is C24H29NO3. The molecule has 0 radical (unpaired) electrons. The summed E-state index contributed by atoms with van der Waals surface area (Å²) in [6.07, 6.45) is 4.60. The quantitative estimate of drug-likeness (QED) is 0.853. The van der Waals surface area contributed by atoms with Gasteiger partial charge in [0.2, 0.25) is 0 Å². The van der Waals surface area contributed by atoms with E-state index in [0.29, 0.717) is 13.0 Å². The van der Waals surface area contributed by atoms with Crippen LogP contribution in [0.15, 0.2) is 48.5 Å². The Balaban J connectivity index is 1.75. The van der Waals surface area contributed by atoms with Gasteiger partial charge >= 0.3 is 0 Å². The number of likely N-dealkylation sites (tertiary alicyclic amines) is 1. The number of aliphatic hydroxyl groups is 1. The topological polar surface area (TPSA) is 49.8 Å². The molecule has 1 saturated heterocycles. The molecule has 148 valence electrons. The summed E-state index contributed by atoms with van der Waals surface area (Å²) in [6, 6.07) is 15.6. The van der Waals surface area contributed by atoms with Crippen LogP contribution in [0.5, 0.6) is 5.75 Å². The van der Waals surface area contributed by atoms with Gasteiger partial charge in [0.1, 0.15) is 5.75 Å². The van der Waals surface area contributed by atoms with Gasteiger partial charge < -0.3 is 14.7 Å². The van der Waals surface area contributed by atoms with Crippen LogP contribution in [-0.2, 0) is 0 Å². The van der Waals surface area contributed by atoms with Gasteiger partial charge in [-0.2, -0.15) is 0 Å². The second-order valence-corrected chi connectivity index (χ2v) is 8.24. The lowest BCUT2D eigenvalue weighted by Crippen LogP contribution is -2.56. The van der Waals surface area contributed by atoms with Crippen molar-refractivity contribution in [2.45, 2.75) is 50.7 Å². The Morgan fingerprint density at radius 1 is 1.11 bits per heavy atom. The van der Waals surface area contributed by atoms with E-state index in [1.54, 1.807) is 7.11 Å². The molecular weight excluding hydrogens is 350 g/mol. The third kappa shape index (κ3) is 3.30. The number of carbonyl (C=O) groups excluding carboxylic acids is 1. The molecule has 4 nitrogen and oxygen atoms in total. The first-order valence-corrected chi connectivity index (χ1v) is 10.3. The number of nitrogens with zero attached hydrogens (tertiary/aromatic N) is 1. The number of ether oxygens (including phenoxy) is 1. The van der Waals surface area contributed by atoms with Crippen molar-refractivity contribution < 1.29 is 14.6 Å². The van der Waals surface area contributed by atoms with E-state index in [9.17, 15) is 9.90 Å². The smallest absolute Gasteiger partial charge is 0.254 e. The Kier molecular flexibility index (Phi) is 5.15. The number of benzene rings is 2. The number of rotatable bonds is 3. The Bertz CT molecular complexity index is 847. The van der Waals surface area contributed by atoms with Crippen molar-refractivity contribution in [1.82, 2.24) is 4.90 Å². The van der Waals surface area contributed by atoms with Crippen LogP contribution in [0.25, 0.3) is 0 Å². The molecule has 1 aliphatic heterocycles. The van der Waals surface area contributed by atoms with E-state index in [1.807, 2.05) is 60.4 Å². The molecule has 1 saturated carbocycles. The van der Waals surface area contributed by atoms with Gasteiger partial charge in [-0.25, -0.2) is 0 Å². The number of methoxy groups -OCH3 is 1. The maximum absolute atomic E-state index is 13.5. The van der Waals surface area contributed by atoms with Crippen LogP contribution < -0.4 is 4.74 Å². The van der Waals surface area contributed by atoms with Crippen molar-refractivity contribution in [2.24, 2.45) is 5.92 Å². The fraction of sp³-hybridized carbons (Fsp3) is 0.458. The van der Waals surface area contributed by atoms with E-state index in [2.05, 4.69) is 0 Å². The summed E-state index contributed by atoms with van der Waals surface area (Å²) in [5.41, 5.74) is 2.14. The average molecular weight is 380 g/mol. The first-order chi connectivity index (χ1) is 13.5. The number of aryl methyl sites for hydroxylation is 1. The Labute approximate surface area is 167 Å². The molecule has 28 heavy (non-hydrogen) atoms. The highest BCUT2D eigenvalue weighted by Gasteiger charge is 2.50. The zero-order valence-electron chi connectivity index (χ0n) is 16.7. The zero-order chi connectivity index (χ0) is 19.7. The summed E-state index contributed by atoms with van der Waals surface area (Å²) < 4.78 is 5.31. The predicted octanol–water partition coefficient (Wildman–Crippen LogP) is 4.51. The van der Waals surface area contributed by atoms with Gasteiger partial charge in [0.15, 0.2) is 0 Å². The second kappa shape index (κ2) is 7.59. The molecule has 1 aliphatic carbocycles. The molecule has 0 spiro atoms. The highest BCUT2D eigenvalue weighted by molar-refractivity contribution is 5.96. The molecule has 2 aromatic rings. The number of hydrogen-bond donors (Lipinski definition) is 1. The van der Waals surface area contributed by atoms with E-state index < -0.39 is 5.60 Å². The molecule has 0 unspecified atom stereocenters. The van der Waals surface area contributed by atoms with Crippen LogP contribution in [0.3, 0.4) is 0 Å². The first kappa shape index (κ1) is 19.0. The van der Waals surface area contributed by atoms with Crippen molar-refractivity contribution in [2.75, 3.05) is 13.7 Å². The SMILES string of the molecule is COc1ccc([C@@H]2[C@H]3CCCC[C@@]3(O)CCN2C(=O)c2ccccc2C)cc1. The van der Waals surface area contributed by atoms with Crippen molar-refractivity contribution >= 4 is 5.91 Å². The normalized spacial score (nSPS) is 27.2. The van der Waals surface area contributed by atoms with Crippen LogP contribution in [0.2, 0.25) is 0 Å². The van der Waals surface area contributed by atoms with Gasteiger partial charge in [-0.05, 0) is 55.5 Å². The largest absolute Gasteiger partial charge is 0.497 e. The first-order valence-electron chi connectivity index (χ1n) is 10.3. The van der Waals surface area contributed by atoms with Crippen LogP contribution in [0.4, 0.5) is 0 Å². The minimum absolute atomic E-state index is 0.0616. The lowest BCUT2D eigenvalue weighted by atomic mass is 9.66. The zero-order valence-corrected chi connectivity index (χ0v) is 16.7. The monoisotopic (exact) mass is 379 g/mol. The Morgan fingerprint density at radius 2 is 1.86 bits per heavy atom. The molecule has 3 atom stereocenters. The maximum atomic E-state index is 13.5. The van der Waals surface area contributed by atoms with Gasteiger partial charge in [-0.1, -0.05) is 43.2 Å². The highest BCUT2D eigenvalue weighted by Crippen LogP contribution is 2.49. The standard InChI is InChI=1S/C24H29NO3/c1-17-7-3-4-8-20(17)23(26)25-16-15-24(27)14-6-5-9-21(24)22(25)18-10-12-19(28-2)13-11-18/h3-4,7-8,10-13,21-22,27H,5-6,9,14-16H2,1-2H3/t21-,22-,24-/m1/s1. The number of piperidine rings is 1. The molecule has 0 bridgehead atoms. The van der Waals surface area contributed by atoms with E-state index >= 15 is 0 Å². The van der Waals surface area contributed by atoms with Crippen LogP contribution in [0.1, 0.15) is 59.6 Å². The molecule has 2 aliphatic rings. The van der Waals surface area contributed by atoms with Crippen molar-refractivity contribution in [3.8, 4) is 5.75 Å². The van der Waals surface area contributed by atoms with E-state index in [0.717, 1.165) is 48.1 Å². The summed E-state index contributed by atoms with van der Waals surface area (Å²) in [5.74, 6) is 0.929. The van der Waals surface area contributed by atoms with Crippen LogP contribution >= 0.6 is 0 Å². The molecule has 4 rings (SSSR count). The Hall–Kier alpha value is -2.33. The average Bonchev–Trinajstić information content (AvgIpc) is 2.72. The lowest BCUT2D eigenvalue weighted by molar-refractivity contribution is -0.115. The van der Waals surface area contributed by atoms with Crippen molar-refractivity contribution in [1.29, 1.82) is 0 Å². The summed E-state index contributed by atoms with van der Waals surface area (Å²) >= 11 is 0. The van der Waals surface area contributed by atoms with Crippen LogP contribution in [-0.4, -0.2) is 35.2 Å². The number of fused-ring (bicyclic) bond motifs is 1. The summed E-state index contributed by atoms with van der Waals surface area (Å²) in [4.78, 5) is 15.5. The fourth-order valence-corrected chi connectivity index (χ4v) is 5.09. The lowest BCUT2D eigenvalue weighted by Gasteiger charge is -2.52. The molecule has 2 fully saturated rings. The van der Waals surface area contributed by atoms with Gasteiger partial charge in [0, 0.05) is 18.0 Å². The van der Waals surface area contributed by atoms with Gasteiger partial charge in [0.25, 0.3) is 5.91 Å². The molecule has 0 aromatic heterocycles. The van der Waals surface area contributed by atoms with Crippen LogP contribution in [0, 0.1) is 12.8 Å². The number of amides is 1. The van der Waals surface area contributed by atoms with Gasteiger partial charge in [-0.3, -0.25) is 4.79 Å². The van der Waals surface area contributed by atoms with E-state index in [1.165, 1.54) is 0 Å². The third-order valence-electron chi connectivity index (χ3n) is 6.66. The summed E-state index contributed by atoms with van der Waals surface area (Å²) in [6.45, 7) is 2.56. The van der Waals surface area contributed by atoms with Crippen molar-refractivity contribution in [3.05, 3.63) is 65.2 Å². The minimum atomic E-state index is -0.675. The van der Waals surface area contributed by atoms with E-state index in [-0.39, 0.29) is 17.9 Å². The second-order valence-electron chi connectivity index (χ2n) is 8.24. The molecule has 2 aromatic carbocycles. The molecule has 1 amide bonds.